The highest BCUT2D eigenvalue weighted by molar-refractivity contribution is 5.92. The van der Waals surface area contributed by atoms with Crippen molar-refractivity contribution in [3.63, 3.8) is 0 Å². The monoisotopic (exact) mass is 359 g/mol. The first kappa shape index (κ1) is 18.2. The van der Waals surface area contributed by atoms with Gasteiger partial charge in [0.15, 0.2) is 0 Å². The molecule has 1 atom stereocenters. The number of carbonyl (C=O) groups is 3. The first-order chi connectivity index (χ1) is 12.5. The van der Waals surface area contributed by atoms with Crippen LogP contribution in [0.2, 0.25) is 0 Å². The number of benzene rings is 1. The standard InChI is InChI=1S/C19H25N3O4/c23-17(14-5-1-2-6-14)21-16-7-3-4-13(10-16)11-20-19(26)22-9-8-15(12-22)18(24)25/h3-4,7,10,14-15H,1-2,5-6,8-9,11-12H2,(H,20,26)(H,21,23)(H,24,25). The minimum atomic E-state index is -0.856. The predicted molar refractivity (Wildman–Crippen MR) is 96.6 cm³/mol. The maximum Gasteiger partial charge on any atom is 0.317 e. The molecule has 0 bridgehead atoms. The third-order valence-corrected chi connectivity index (χ3v) is 5.19. The van der Waals surface area contributed by atoms with E-state index in [4.69, 9.17) is 5.11 Å². The van der Waals surface area contributed by atoms with E-state index < -0.39 is 11.9 Å². The number of carboxylic acids is 1. The summed E-state index contributed by atoms with van der Waals surface area (Å²) in [4.78, 5) is 36.9. The van der Waals surface area contributed by atoms with Crippen LogP contribution in [0.4, 0.5) is 10.5 Å². The first-order valence-corrected chi connectivity index (χ1v) is 9.18. The molecular formula is C19H25N3O4. The predicted octanol–water partition coefficient (Wildman–Crippen LogP) is 2.43. The largest absolute Gasteiger partial charge is 0.481 e. The van der Waals surface area contributed by atoms with E-state index in [1.165, 1.54) is 4.90 Å². The number of hydrogen-bond acceptors (Lipinski definition) is 3. The van der Waals surface area contributed by atoms with Crippen molar-refractivity contribution in [3.8, 4) is 0 Å². The molecule has 1 aliphatic carbocycles. The Hall–Kier alpha value is -2.57. The van der Waals surface area contributed by atoms with Crippen molar-refractivity contribution in [2.24, 2.45) is 11.8 Å². The van der Waals surface area contributed by atoms with E-state index in [0.717, 1.165) is 36.9 Å². The number of likely N-dealkylation sites (tertiary alicyclic amines) is 1. The summed E-state index contributed by atoms with van der Waals surface area (Å²) in [5.41, 5.74) is 1.62. The van der Waals surface area contributed by atoms with Gasteiger partial charge in [0.05, 0.1) is 5.92 Å². The summed E-state index contributed by atoms with van der Waals surface area (Å²) < 4.78 is 0. The highest BCUT2D eigenvalue weighted by atomic mass is 16.4. The molecule has 0 spiro atoms. The van der Waals surface area contributed by atoms with E-state index in [-0.39, 0.29) is 24.4 Å². The van der Waals surface area contributed by atoms with Crippen molar-refractivity contribution in [2.75, 3.05) is 18.4 Å². The highest BCUT2D eigenvalue weighted by Gasteiger charge is 2.30. The smallest absolute Gasteiger partial charge is 0.317 e. The third kappa shape index (κ3) is 4.53. The molecule has 140 valence electrons. The number of carbonyl (C=O) groups excluding carboxylic acids is 2. The molecule has 0 radical (unpaired) electrons. The van der Waals surface area contributed by atoms with Crippen LogP contribution in [-0.2, 0) is 16.1 Å². The molecule has 3 N–H and O–H groups in total. The number of rotatable bonds is 5. The Balaban J connectivity index is 1.50. The van der Waals surface area contributed by atoms with Gasteiger partial charge in [0.1, 0.15) is 0 Å². The van der Waals surface area contributed by atoms with E-state index >= 15 is 0 Å². The van der Waals surface area contributed by atoms with Gasteiger partial charge >= 0.3 is 12.0 Å². The molecular weight excluding hydrogens is 334 g/mol. The summed E-state index contributed by atoms with van der Waals surface area (Å²) in [5.74, 6) is -1.16. The van der Waals surface area contributed by atoms with Gasteiger partial charge in [0.25, 0.3) is 0 Å². The van der Waals surface area contributed by atoms with Crippen LogP contribution >= 0.6 is 0 Å². The molecule has 2 fully saturated rings. The van der Waals surface area contributed by atoms with Gasteiger partial charge < -0.3 is 20.6 Å². The van der Waals surface area contributed by atoms with Crippen molar-refractivity contribution in [3.05, 3.63) is 29.8 Å². The van der Waals surface area contributed by atoms with Crippen molar-refractivity contribution in [1.82, 2.24) is 10.2 Å². The van der Waals surface area contributed by atoms with Crippen LogP contribution in [-0.4, -0.2) is 41.0 Å². The minimum Gasteiger partial charge on any atom is -0.481 e. The summed E-state index contributed by atoms with van der Waals surface area (Å²) in [5, 5.41) is 14.8. The molecule has 1 saturated heterocycles. The Bertz CT molecular complexity index is 685. The molecule has 2 aliphatic rings. The molecule has 7 heteroatoms. The van der Waals surface area contributed by atoms with Crippen LogP contribution in [0.1, 0.15) is 37.7 Å². The van der Waals surface area contributed by atoms with Gasteiger partial charge in [-0.3, -0.25) is 9.59 Å². The lowest BCUT2D eigenvalue weighted by Crippen LogP contribution is -2.38. The summed E-state index contributed by atoms with van der Waals surface area (Å²) in [6, 6.07) is 7.18. The maximum absolute atomic E-state index is 12.2. The molecule has 26 heavy (non-hydrogen) atoms. The van der Waals surface area contributed by atoms with Gasteiger partial charge in [-0.15, -0.1) is 0 Å². The molecule has 1 aromatic rings. The van der Waals surface area contributed by atoms with Gasteiger partial charge in [-0.05, 0) is 37.0 Å². The van der Waals surface area contributed by atoms with E-state index in [1.54, 1.807) is 0 Å². The zero-order valence-corrected chi connectivity index (χ0v) is 14.7. The van der Waals surface area contributed by atoms with E-state index in [1.807, 2.05) is 24.3 Å². The van der Waals surface area contributed by atoms with Crippen molar-refractivity contribution < 1.29 is 19.5 Å². The number of carboxylic acid groups (broad SMARTS) is 1. The average Bonchev–Trinajstić information content (AvgIpc) is 3.31. The van der Waals surface area contributed by atoms with E-state index in [9.17, 15) is 14.4 Å². The minimum absolute atomic E-state index is 0.0699. The number of amides is 3. The van der Waals surface area contributed by atoms with Gasteiger partial charge in [-0.25, -0.2) is 4.79 Å². The Morgan fingerprint density at radius 2 is 1.88 bits per heavy atom. The first-order valence-electron chi connectivity index (χ1n) is 9.18. The van der Waals surface area contributed by atoms with Crippen molar-refractivity contribution in [2.45, 2.75) is 38.6 Å². The molecule has 1 heterocycles. The second-order valence-corrected chi connectivity index (χ2v) is 7.10. The quantitative estimate of drug-likeness (QED) is 0.752. The summed E-state index contributed by atoms with van der Waals surface area (Å²) in [7, 11) is 0. The van der Waals surface area contributed by atoms with E-state index in [0.29, 0.717) is 19.5 Å². The fourth-order valence-corrected chi connectivity index (χ4v) is 3.63. The Morgan fingerprint density at radius 1 is 1.12 bits per heavy atom. The molecule has 3 rings (SSSR count). The lowest BCUT2D eigenvalue weighted by molar-refractivity contribution is -0.141. The van der Waals surface area contributed by atoms with Crippen molar-refractivity contribution >= 4 is 23.6 Å². The van der Waals surface area contributed by atoms with Crippen LogP contribution < -0.4 is 10.6 Å². The topological polar surface area (TPSA) is 98.7 Å². The fourth-order valence-electron chi connectivity index (χ4n) is 3.63. The number of aliphatic carboxylic acids is 1. The lowest BCUT2D eigenvalue weighted by Gasteiger charge is -2.17. The zero-order valence-electron chi connectivity index (χ0n) is 14.7. The van der Waals surface area contributed by atoms with Gasteiger partial charge in [0.2, 0.25) is 5.91 Å². The number of nitrogens with one attached hydrogen (secondary N) is 2. The number of anilines is 1. The SMILES string of the molecule is O=C(O)C1CCN(C(=O)NCc2cccc(NC(=O)C3CCCC3)c2)C1. The number of hydrogen-bond donors (Lipinski definition) is 3. The van der Waals surface area contributed by atoms with Gasteiger partial charge in [-0.2, -0.15) is 0 Å². The van der Waals surface area contributed by atoms with E-state index in [2.05, 4.69) is 10.6 Å². The Labute approximate surface area is 152 Å². The van der Waals surface area contributed by atoms with Gasteiger partial charge in [0, 0.05) is 31.2 Å². The summed E-state index contributed by atoms with van der Waals surface area (Å²) in [6.45, 7) is 1.04. The van der Waals surface area contributed by atoms with Crippen LogP contribution in [0.3, 0.4) is 0 Å². The Kier molecular flexibility index (Phi) is 5.75. The fraction of sp³-hybridized carbons (Fsp3) is 0.526. The molecule has 7 nitrogen and oxygen atoms in total. The molecule has 3 amide bonds. The molecule has 1 aromatic carbocycles. The number of nitrogens with zero attached hydrogens (tertiary/aromatic N) is 1. The second kappa shape index (κ2) is 8.21. The maximum atomic E-state index is 12.2. The number of urea groups is 1. The van der Waals surface area contributed by atoms with Crippen LogP contribution in [0.15, 0.2) is 24.3 Å². The second-order valence-electron chi connectivity index (χ2n) is 7.10. The highest BCUT2D eigenvalue weighted by Crippen LogP contribution is 2.26. The molecule has 1 unspecified atom stereocenters. The summed E-state index contributed by atoms with van der Waals surface area (Å²) >= 11 is 0. The Morgan fingerprint density at radius 3 is 2.58 bits per heavy atom. The molecule has 1 aliphatic heterocycles. The average molecular weight is 359 g/mol. The lowest BCUT2D eigenvalue weighted by atomic mass is 10.1. The van der Waals surface area contributed by atoms with Crippen LogP contribution in [0, 0.1) is 11.8 Å². The third-order valence-electron chi connectivity index (χ3n) is 5.19. The van der Waals surface area contributed by atoms with Crippen LogP contribution in [0.25, 0.3) is 0 Å². The summed E-state index contributed by atoms with van der Waals surface area (Å²) in [6.07, 6.45) is 4.63. The van der Waals surface area contributed by atoms with Gasteiger partial charge in [-0.1, -0.05) is 25.0 Å². The molecule has 1 saturated carbocycles. The molecule has 0 aromatic heterocycles. The van der Waals surface area contributed by atoms with Crippen molar-refractivity contribution in [1.29, 1.82) is 0 Å². The zero-order chi connectivity index (χ0) is 18.5. The normalized spacial score (nSPS) is 20.2. The van der Waals surface area contributed by atoms with Crippen LogP contribution in [0.5, 0.6) is 0 Å².